The number of carbonyl (C=O) groups excluding carboxylic acids is 3. The minimum absolute atomic E-state index is 0.0993. The van der Waals surface area contributed by atoms with Crippen LogP contribution in [0, 0.1) is 24.7 Å². The third-order valence-electron chi connectivity index (χ3n) is 6.88. The summed E-state index contributed by atoms with van der Waals surface area (Å²) in [6, 6.07) is 5.56. The molecule has 144 valence electrons. The Morgan fingerprint density at radius 3 is 2.52 bits per heavy atom. The van der Waals surface area contributed by atoms with Crippen molar-refractivity contribution in [3.63, 3.8) is 0 Å². The predicted octanol–water partition coefficient (Wildman–Crippen LogP) is 1.14. The molecule has 6 nitrogen and oxygen atoms in total. The maximum absolute atomic E-state index is 13.5. The Bertz CT molecular complexity index is 849. The SMILES string of the molecule is CC[C@H](C)N1C(=O)[C@H]2[C@@H](C1=O)[C@]1([NH2+][C@H]2C(C)C)C(=O)Nc2c(C)cccc21. The highest BCUT2D eigenvalue weighted by atomic mass is 16.2. The topological polar surface area (TPSA) is 83.1 Å². The van der Waals surface area contributed by atoms with Crippen LogP contribution in [0.4, 0.5) is 5.69 Å². The molecule has 0 radical (unpaired) electrons. The fourth-order valence-electron chi connectivity index (χ4n) is 5.31. The lowest BCUT2D eigenvalue weighted by molar-refractivity contribution is -0.738. The van der Waals surface area contributed by atoms with E-state index >= 15 is 0 Å². The van der Waals surface area contributed by atoms with Crippen molar-refractivity contribution < 1.29 is 19.7 Å². The largest absolute Gasteiger partial charge is 0.326 e. The fourth-order valence-corrected chi connectivity index (χ4v) is 5.31. The molecule has 3 aliphatic heterocycles. The molecule has 3 heterocycles. The van der Waals surface area contributed by atoms with Crippen LogP contribution in [0.3, 0.4) is 0 Å². The van der Waals surface area contributed by atoms with Crippen molar-refractivity contribution in [2.24, 2.45) is 17.8 Å². The number of hydrogen-bond acceptors (Lipinski definition) is 3. The summed E-state index contributed by atoms with van der Waals surface area (Å²) in [6.07, 6.45) is 0.710. The van der Waals surface area contributed by atoms with Gasteiger partial charge in [-0.25, -0.2) is 0 Å². The Labute approximate surface area is 159 Å². The number of anilines is 1. The molecule has 2 fully saturated rings. The number of para-hydroxylation sites is 1. The van der Waals surface area contributed by atoms with Crippen LogP contribution < -0.4 is 10.6 Å². The second-order valence-electron chi connectivity index (χ2n) is 8.62. The van der Waals surface area contributed by atoms with Gasteiger partial charge in [-0.05, 0) is 25.8 Å². The van der Waals surface area contributed by atoms with Crippen LogP contribution in [-0.2, 0) is 19.9 Å². The Morgan fingerprint density at radius 1 is 1.19 bits per heavy atom. The third-order valence-corrected chi connectivity index (χ3v) is 6.88. The highest BCUT2D eigenvalue weighted by Crippen LogP contribution is 2.50. The molecule has 0 aromatic heterocycles. The van der Waals surface area contributed by atoms with Crippen molar-refractivity contribution in [1.82, 2.24) is 4.90 Å². The van der Waals surface area contributed by atoms with Gasteiger partial charge >= 0.3 is 0 Å². The number of imide groups is 1. The minimum Gasteiger partial charge on any atom is -0.326 e. The number of fused-ring (bicyclic) bond motifs is 4. The Morgan fingerprint density at radius 2 is 1.89 bits per heavy atom. The molecule has 1 spiro atoms. The zero-order valence-corrected chi connectivity index (χ0v) is 16.6. The Kier molecular flexibility index (Phi) is 3.97. The van der Waals surface area contributed by atoms with Crippen LogP contribution >= 0.6 is 0 Å². The molecule has 1 aromatic carbocycles. The second-order valence-corrected chi connectivity index (χ2v) is 8.62. The van der Waals surface area contributed by atoms with Crippen molar-refractivity contribution in [2.75, 3.05) is 5.32 Å². The van der Waals surface area contributed by atoms with Gasteiger partial charge in [0.15, 0.2) is 0 Å². The number of nitrogens with one attached hydrogen (secondary N) is 1. The van der Waals surface area contributed by atoms with E-state index in [1.807, 2.05) is 44.3 Å². The number of nitrogens with zero attached hydrogens (tertiary/aromatic N) is 1. The van der Waals surface area contributed by atoms with Crippen LogP contribution in [0.1, 0.15) is 45.2 Å². The molecule has 5 atom stereocenters. The number of rotatable bonds is 3. The molecule has 0 unspecified atom stereocenters. The number of carbonyl (C=O) groups is 3. The number of benzene rings is 1. The van der Waals surface area contributed by atoms with Gasteiger partial charge in [0.25, 0.3) is 5.91 Å². The van der Waals surface area contributed by atoms with Crippen LogP contribution in [-0.4, -0.2) is 34.7 Å². The number of hydrogen-bond donors (Lipinski definition) is 2. The summed E-state index contributed by atoms with van der Waals surface area (Å²) in [6.45, 7) is 9.96. The molecule has 3 N–H and O–H groups in total. The summed E-state index contributed by atoms with van der Waals surface area (Å²) < 4.78 is 0. The minimum atomic E-state index is -1.05. The quantitative estimate of drug-likeness (QED) is 0.783. The molecule has 0 bridgehead atoms. The highest BCUT2D eigenvalue weighted by molar-refractivity contribution is 6.14. The first kappa shape index (κ1) is 18.2. The lowest BCUT2D eigenvalue weighted by Gasteiger charge is -2.29. The van der Waals surface area contributed by atoms with E-state index in [-0.39, 0.29) is 35.7 Å². The van der Waals surface area contributed by atoms with E-state index in [9.17, 15) is 14.4 Å². The Balaban J connectivity index is 1.92. The molecule has 6 heteroatoms. The molecule has 2 saturated heterocycles. The zero-order chi connectivity index (χ0) is 19.7. The molecule has 0 aliphatic carbocycles. The number of nitrogens with two attached hydrogens (primary N) is 1. The summed E-state index contributed by atoms with van der Waals surface area (Å²) in [5.74, 6) is -1.40. The zero-order valence-electron chi connectivity index (χ0n) is 16.6. The summed E-state index contributed by atoms with van der Waals surface area (Å²) in [5, 5.41) is 5.02. The molecule has 1 aromatic rings. The average Bonchev–Trinajstić information content (AvgIpc) is 3.21. The van der Waals surface area contributed by atoms with Crippen molar-refractivity contribution in [3.8, 4) is 0 Å². The van der Waals surface area contributed by atoms with Crippen molar-refractivity contribution in [3.05, 3.63) is 29.3 Å². The number of quaternary nitrogens is 1. The number of aryl methyl sites for hydroxylation is 1. The van der Waals surface area contributed by atoms with Crippen LogP contribution in [0.25, 0.3) is 0 Å². The predicted molar refractivity (Wildman–Crippen MR) is 101 cm³/mol. The average molecular weight is 370 g/mol. The molecular weight excluding hydrogens is 342 g/mol. The molecule has 4 rings (SSSR count). The van der Waals surface area contributed by atoms with Gasteiger partial charge in [-0.2, -0.15) is 0 Å². The highest BCUT2D eigenvalue weighted by Gasteiger charge is 2.74. The van der Waals surface area contributed by atoms with Crippen molar-refractivity contribution in [2.45, 2.75) is 58.7 Å². The molecule has 3 aliphatic rings. The first-order valence-corrected chi connectivity index (χ1v) is 9.90. The fraction of sp³-hybridized carbons (Fsp3) is 0.571. The first-order valence-electron chi connectivity index (χ1n) is 9.90. The van der Waals surface area contributed by atoms with E-state index in [0.29, 0.717) is 6.42 Å². The summed E-state index contributed by atoms with van der Waals surface area (Å²) in [7, 11) is 0. The summed E-state index contributed by atoms with van der Waals surface area (Å²) in [4.78, 5) is 41.5. The van der Waals surface area contributed by atoms with Gasteiger partial charge in [-0.15, -0.1) is 0 Å². The maximum Gasteiger partial charge on any atom is 0.291 e. The molecular formula is C21H28N3O3+. The number of likely N-dealkylation sites (tertiary alicyclic amines) is 1. The van der Waals surface area contributed by atoms with Crippen LogP contribution in [0.5, 0.6) is 0 Å². The lowest BCUT2D eigenvalue weighted by atomic mass is 9.75. The third kappa shape index (κ3) is 2.13. The van der Waals surface area contributed by atoms with Crippen molar-refractivity contribution in [1.29, 1.82) is 0 Å². The van der Waals surface area contributed by atoms with E-state index < -0.39 is 17.4 Å². The van der Waals surface area contributed by atoms with Gasteiger partial charge < -0.3 is 10.6 Å². The van der Waals surface area contributed by atoms with Gasteiger partial charge in [0, 0.05) is 17.5 Å². The van der Waals surface area contributed by atoms with E-state index in [1.54, 1.807) is 0 Å². The lowest BCUT2D eigenvalue weighted by Crippen LogP contribution is -2.99. The van der Waals surface area contributed by atoms with Gasteiger partial charge in [0.1, 0.15) is 17.9 Å². The first-order chi connectivity index (χ1) is 12.8. The Hall–Kier alpha value is -2.21. The maximum atomic E-state index is 13.5. The van der Waals surface area contributed by atoms with Crippen LogP contribution in [0.15, 0.2) is 18.2 Å². The smallest absolute Gasteiger partial charge is 0.291 e. The molecule has 3 amide bonds. The van der Waals surface area contributed by atoms with Gasteiger partial charge in [0.05, 0.1) is 5.69 Å². The second kappa shape index (κ2) is 5.89. The van der Waals surface area contributed by atoms with Crippen molar-refractivity contribution >= 4 is 23.4 Å². The monoisotopic (exact) mass is 370 g/mol. The van der Waals surface area contributed by atoms with E-state index in [0.717, 1.165) is 16.8 Å². The number of amides is 3. The van der Waals surface area contributed by atoms with Gasteiger partial charge in [0.2, 0.25) is 17.4 Å². The van der Waals surface area contributed by atoms with E-state index in [2.05, 4.69) is 19.2 Å². The van der Waals surface area contributed by atoms with Crippen LogP contribution in [0.2, 0.25) is 0 Å². The molecule has 0 saturated carbocycles. The van der Waals surface area contributed by atoms with E-state index in [4.69, 9.17) is 0 Å². The normalized spacial score (nSPS) is 33.0. The standard InChI is InChI=1S/C21H27N3O3/c1-6-12(5)24-18(25)14-15(19(24)26)21(23-16(14)10(2)3)13-9-7-8-11(4)17(13)22-20(21)27/h7-10,12,14-16,23H,6H2,1-5H3,(H,22,27)/p+1/t12-,14-,15-,16-,21-/m0/s1. The van der Waals surface area contributed by atoms with E-state index in [1.165, 1.54) is 4.90 Å². The molecule has 27 heavy (non-hydrogen) atoms. The summed E-state index contributed by atoms with van der Waals surface area (Å²) >= 11 is 0. The summed E-state index contributed by atoms with van der Waals surface area (Å²) in [5.41, 5.74) is 1.57. The van der Waals surface area contributed by atoms with Gasteiger partial charge in [-0.3, -0.25) is 19.3 Å². The van der Waals surface area contributed by atoms with Gasteiger partial charge in [-0.1, -0.05) is 39.0 Å².